The third-order valence-electron chi connectivity index (χ3n) is 0.946. The molecule has 1 aliphatic carbocycles. The normalized spacial score (nSPS) is 35.3. The molecule has 0 aromatic rings. The Morgan fingerprint density at radius 3 is 2.43 bits per heavy atom. The average Bonchev–Trinajstić information content (AvgIpc) is 2.17. The largest absolute Gasteiger partial charge is 0.495 e. The van der Waals surface area contributed by atoms with Crippen LogP contribution in [-0.4, -0.2) is 11.3 Å². The SMILES string of the molecule is N/C(O)=C1\C[C@@H]1F. The van der Waals surface area contributed by atoms with Crippen LogP contribution in [0.2, 0.25) is 0 Å². The first-order valence-electron chi connectivity index (χ1n) is 2.03. The molecule has 0 unspecified atom stereocenters. The van der Waals surface area contributed by atoms with Crippen molar-refractivity contribution in [3.8, 4) is 0 Å². The van der Waals surface area contributed by atoms with Gasteiger partial charge in [-0.25, -0.2) is 4.39 Å². The van der Waals surface area contributed by atoms with E-state index >= 15 is 0 Å². The number of alkyl halides is 1. The Balaban J connectivity index is 2.60. The first kappa shape index (κ1) is 4.43. The van der Waals surface area contributed by atoms with Crippen molar-refractivity contribution < 1.29 is 9.50 Å². The lowest BCUT2D eigenvalue weighted by atomic mass is 10.6. The van der Waals surface area contributed by atoms with Gasteiger partial charge in [0.1, 0.15) is 6.17 Å². The third kappa shape index (κ3) is 0.656. The van der Waals surface area contributed by atoms with Gasteiger partial charge in [-0.1, -0.05) is 0 Å². The molecule has 0 amide bonds. The lowest BCUT2D eigenvalue weighted by Crippen LogP contribution is -1.93. The molecule has 0 heterocycles. The quantitative estimate of drug-likeness (QED) is 0.437. The average molecular weight is 103 g/mol. The van der Waals surface area contributed by atoms with E-state index in [-0.39, 0.29) is 5.88 Å². The molecule has 0 radical (unpaired) electrons. The van der Waals surface area contributed by atoms with Gasteiger partial charge in [-0.3, -0.25) is 0 Å². The molecular weight excluding hydrogens is 97.0 g/mol. The Hall–Kier alpha value is -0.730. The molecule has 1 fully saturated rings. The molecule has 40 valence electrons. The molecule has 1 rings (SSSR count). The summed E-state index contributed by atoms with van der Waals surface area (Å²) in [5.41, 5.74) is 5.13. The van der Waals surface area contributed by atoms with E-state index in [1.54, 1.807) is 0 Å². The van der Waals surface area contributed by atoms with Crippen molar-refractivity contribution >= 4 is 0 Å². The standard InChI is InChI=1S/C4H6FNO/c5-3-1-2(3)4(6)7/h3,7H,1,6H2/b4-2-/t3-/m0/s1. The van der Waals surface area contributed by atoms with E-state index in [1.807, 2.05) is 0 Å². The molecule has 3 heteroatoms. The molecule has 0 spiro atoms. The van der Waals surface area contributed by atoms with Crippen LogP contribution in [0.4, 0.5) is 4.39 Å². The summed E-state index contributed by atoms with van der Waals surface area (Å²) in [5, 5.41) is 8.28. The second-order valence-electron chi connectivity index (χ2n) is 1.58. The summed E-state index contributed by atoms with van der Waals surface area (Å²) in [5.74, 6) is -0.340. The minimum absolute atomic E-state index is 0.322. The maximum absolute atomic E-state index is 11.7. The predicted octanol–water partition coefficient (Wildman–Crippen LogP) is 0.457. The highest BCUT2D eigenvalue weighted by Gasteiger charge is 2.32. The topological polar surface area (TPSA) is 46.2 Å². The molecule has 0 aromatic heterocycles. The predicted molar refractivity (Wildman–Crippen MR) is 23.4 cm³/mol. The van der Waals surface area contributed by atoms with Crippen LogP contribution >= 0.6 is 0 Å². The highest BCUT2D eigenvalue weighted by atomic mass is 19.1. The summed E-state index contributed by atoms with van der Waals surface area (Å²) in [7, 11) is 0. The monoisotopic (exact) mass is 103 g/mol. The van der Waals surface area contributed by atoms with Gasteiger partial charge in [-0.2, -0.15) is 0 Å². The van der Waals surface area contributed by atoms with Crippen molar-refractivity contribution in [1.29, 1.82) is 0 Å². The molecule has 0 aliphatic heterocycles. The van der Waals surface area contributed by atoms with Gasteiger partial charge < -0.3 is 10.8 Å². The van der Waals surface area contributed by atoms with E-state index in [4.69, 9.17) is 10.8 Å². The van der Waals surface area contributed by atoms with Crippen molar-refractivity contribution in [2.45, 2.75) is 12.6 Å². The number of hydrogen-bond acceptors (Lipinski definition) is 2. The zero-order valence-electron chi connectivity index (χ0n) is 3.69. The second kappa shape index (κ2) is 1.12. The number of aliphatic hydroxyl groups is 1. The molecule has 3 N–H and O–H groups in total. The Morgan fingerprint density at radius 1 is 2.00 bits per heavy atom. The van der Waals surface area contributed by atoms with E-state index in [0.29, 0.717) is 12.0 Å². The molecular formula is C4H6FNO. The van der Waals surface area contributed by atoms with Gasteiger partial charge in [0, 0.05) is 12.0 Å². The fourth-order valence-corrected chi connectivity index (χ4v) is 0.399. The lowest BCUT2D eigenvalue weighted by Gasteiger charge is -1.79. The first-order valence-corrected chi connectivity index (χ1v) is 2.03. The van der Waals surface area contributed by atoms with Gasteiger partial charge in [0.25, 0.3) is 0 Å². The van der Waals surface area contributed by atoms with Gasteiger partial charge in [-0.15, -0.1) is 0 Å². The first-order chi connectivity index (χ1) is 3.22. The number of aliphatic hydroxyl groups excluding tert-OH is 1. The lowest BCUT2D eigenvalue weighted by molar-refractivity contribution is 0.397. The Bertz CT molecular complexity index is 117. The Labute approximate surface area is 40.4 Å². The van der Waals surface area contributed by atoms with E-state index in [1.165, 1.54) is 0 Å². The van der Waals surface area contributed by atoms with Gasteiger partial charge in [0.2, 0.25) is 0 Å². The zero-order chi connectivity index (χ0) is 5.44. The van der Waals surface area contributed by atoms with Crippen LogP contribution < -0.4 is 5.73 Å². The highest BCUT2D eigenvalue weighted by molar-refractivity contribution is 5.26. The van der Waals surface area contributed by atoms with Gasteiger partial charge in [0.15, 0.2) is 5.88 Å². The van der Waals surface area contributed by atoms with E-state index in [2.05, 4.69) is 0 Å². The summed E-state index contributed by atoms with van der Waals surface area (Å²) < 4.78 is 11.7. The summed E-state index contributed by atoms with van der Waals surface area (Å²) in [6, 6.07) is 0. The number of allylic oxidation sites excluding steroid dienone is 1. The maximum atomic E-state index is 11.7. The van der Waals surface area contributed by atoms with Crippen LogP contribution in [0.5, 0.6) is 0 Å². The van der Waals surface area contributed by atoms with Crippen LogP contribution in [-0.2, 0) is 0 Å². The van der Waals surface area contributed by atoms with Crippen molar-refractivity contribution in [2.75, 3.05) is 0 Å². The van der Waals surface area contributed by atoms with Gasteiger partial charge in [-0.05, 0) is 0 Å². The summed E-state index contributed by atoms with van der Waals surface area (Å²) >= 11 is 0. The minimum atomic E-state index is -0.954. The van der Waals surface area contributed by atoms with Crippen LogP contribution in [0, 0.1) is 0 Å². The van der Waals surface area contributed by atoms with Gasteiger partial charge in [0.05, 0.1) is 0 Å². The van der Waals surface area contributed by atoms with Crippen LogP contribution in [0.15, 0.2) is 11.5 Å². The fourth-order valence-electron chi connectivity index (χ4n) is 0.399. The van der Waals surface area contributed by atoms with E-state index in [0.717, 1.165) is 0 Å². The van der Waals surface area contributed by atoms with E-state index in [9.17, 15) is 4.39 Å². The molecule has 0 aromatic carbocycles. The third-order valence-corrected chi connectivity index (χ3v) is 0.946. The molecule has 0 saturated heterocycles. The fraction of sp³-hybridized carbons (Fsp3) is 0.500. The summed E-state index contributed by atoms with van der Waals surface area (Å²) in [4.78, 5) is 0. The molecule has 0 bridgehead atoms. The Morgan fingerprint density at radius 2 is 2.43 bits per heavy atom. The maximum Gasteiger partial charge on any atom is 0.183 e. The number of nitrogens with two attached hydrogens (primary N) is 1. The number of hydrogen-bond donors (Lipinski definition) is 2. The summed E-state index contributed by atoms with van der Waals surface area (Å²) in [6.45, 7) is 0. The molecule has 1 aliphatic rings. The van der Waals surface area contributed by atoms with Crippen LogP contribution in [0.25, 0.3) is 0 Å². The molecule has 2 nitrogen and oxygen atoms in total. The van der Waals surface area contributed by atoms with Gasteiger partial charge >= 0.3 is 0 Å². The molecule has 1 atom stereocenters. The number of rotatable bonds is 0. The van der Waals surface area contributed by atoms with Crippen LogP contribution in [0.1, 0.15) is 6.42 Å². The smallest absolute Gasteiger partial charge is 0.183 e. The Kier molecular flexibility index (Phi) is 0.708. The van der Waals surface area contributed by atoms with Crippen molar-refractivity contribution in [3.05, 3.63) is 11.5 Å². The molecule has 7 heavy (non-hydrogen) atoms. The minimum Gasteiger partial charge on any atom is -0.495 e. The number of halogens is 1. The van der Waals surface area contributed by atoms with Crippen molar-refractivity contribution in [1.82, 2.24) is 0 Å². The van der Waals surface area contributed by atoms with Crippen molar-refractivity contribution in [3.63, 3.8) is 0 Å². The molecule has 1 saturated carbocycles. The van der Waals surface area contributed by atoms with Crippen LogP contribution in [0.3, 0.4) is 0 Å². The highest BCUT2D eigenvalue weighted by Crippen LogP contribution is 2.33. The second-order valence-corrected chi connectivity index (χ2v) is 1.58. The van der Waals surface area contributed by atoms with E-state index < -0.39 is 6.17 Å². The summed E-state index contributed by atoms with van der Waals surface area (Å²) in [6.07, 6.45) is -0.632. The van der Waals surface area contributed by atoms with Crippen molar-refractivity contribution in [2.24, 2.45) is 5.73 Å². The zero-order valence-corrected chi connectivity index (χ0v) is 3.69.